The lowest BCUT2D eigenvalue weighted by atomic mass is 10.1. The van der Waals surface area contributed by atoms with Gasteiger partial charge in [0.25, 0.3) is 0 Å². The zero-order chi connectivity index (χ0) is 10.6. The van der Waals surface area contributed by atoms with Crippen LogP contribution in [0.2, 0.25) is 0 Å². The molecule has 0 saturated heterocycles. The predicted molar refractivity (Wildman–Crippen MR) is 48.5 cm³/mol. The zero-order valence-electron chi connectivity index (χ0n) is 7.99. The van der Waals surface area contributed by atoms with Crippen molar-refractivity contribution in [2.24, 2.45) is 0 Å². The Kier molecular flexibility index (Phi) is 3.73. The molecule has 14 heavy (non-hydrogen) atoms. The van der Waals surface area contributed by atoms with Crippen LogP contribution in [-0.2, 0) is 9.47 Å². The quantitative estimate of drug-likeness (QED) is 0.544. The van der Waals surface area contributed by atoms with Crippen molar-refractivity contribution in [1.29, 1.82) is 0 Å². The highest BCUT2D eigenvalue weighted by molar-refractivity contribution is 5.98. The average Bonchev–Trinajstić information content (AvgIpc) is 2.20. The fraction of sp³-hybridized carbons (Fsp3) is 0.300. The lowest BCUT2D eigenvalue weighted by Gasteiger charge is -2.11. The molecule has 0 spiro atoms. The number of carbonyl (C=O) groups excluding carboxylic acids is 1. The van der Waals surface area contributed by atoms with E-state index in [1.54, 1.807) is 6.07 Å². The molecule has 0 N–H and O–H groups in total. The van der Waals surface area contributed by atoms with Gasteiger partial charge in [0.1, 0.15) is 5.82 Å². The van der Waals surface area contributed by atoms with Gasteiger partial charge in [-0.15, -0.1) is 0 Å². The molecular weight excluding hydrogens is 187 g/mol. The third kappa shape index (κ3) is 2.16. The second kappa shape index (κ2) is 4.83. The monoisotopic (exact) mass is 198 g/mol. The minimum atomic E-state index is -1.05. The van der Waals surface area contributed by atoms with Crippen LogP contribution in [0.25, 0.3) is 0 Å². The maximum Gasteiger partial charge on any atom is 0.222 e. The van der Waals surface area contributed by atoms with E-state index < -0.39 is 17.9 Å². The molecule has 0 aromatic heterocycles. The molecule has 1 aromatic carbocycles. The van der Waals surface area contributed by atoms with Crippen LogP contribution in [0, 0.1) is 5.82 Å². The number of ether oxygens (including phenoxy) is 2. The van der Waals surface area contributed by atoms with Crippen molar-refractivity contribution in [3.63, 3.8) is 0 Å². The maximum atomic E-state index is 13.1. The van der Waals surface area contributed by atoms with Crippen molar-refractivity contribution < 1.29 is 18.7 Å². The Hall–Kier alpha value is -1.26. The molecule has 0 saturated carbocycles. The summed E-state index contributed by atoms with van der Waals surface area (Å²) in [7, 11) is 2.65. The summed E-state index contributed by atoms with van der Waals surface area (Å²) in [6.07, 6.45) is -1.05. The lowest BCUT2D eigenvalue weighted by molar-refractivity contribution is -0.0743. The van der Waals surface area contributed by atoms with Crippen LogP contribution >= 0.6 is 0 Å². The number of ketones is 1. The first-order chi connectivity index (χ1) is 6.70. The third-order valence-electron chi connectivity index (χ3n) is 1.78. The molecule has 0 heterocycles. The van der Waals surface area contributed by atoms with Crippen LogP contribution in [0.5, 0.6) is 0 Å². The summed E-state index contributed by atoms with van der Waals surface area (Å²) in [4.78, 5) is 11.5. The molecule has 0 aliphatic rings. The van der Waals surface area contributed by atoms with Crippen LogP contribution in [0.15, 0.2) is 24.3 Å². The van der Waals surface area contributed by atoms with Crippen LogP contribution in [0.3, 0.4) is 0 Å². The summed E-state index contributed by atoms with van der Waals surface area (Å²) < 4.78 is 22.6. The largest absolute Gasteiger partial charge is 0.349 e. The van der Waals surface area contributed by atoms with E-state index >= 15 is 0 Å². The molecule has 1 aromatic rings. The van der Waals surface area contributed by atoms with Crippen molar-refractivity contribution in [3.8, 4) is 0 Å². The van der Waals surface area contributed by atoms with Gasteiger partial charge in [0.15, 0.2) is 0 Å². The fourth-order valence-electron chi connectivity index (χ4n) is 1.10. The Morgan fingerprint density at radius 3 is 2.36 bits per heavy atom. The maximum absolute atomic E-state index is 13.1. The van der Waals surface area contributed by atoms with Crippen LogP contribution in [-0.4, -0.2) is 26.3 Å². The number of hydrogen-bond acceptors (Lipinski definition) is 3. The lowest BCUT2D eigenvalue weighted by Crippen LogP contribution is -2.25. The molecular formula is C10H11FO3. The summed E-state index contributed by atoms with van der Waals surface area (Å²) in [5, 5.41) is 0. The second-order valence-electron chi connectivity index (χ2n) is 2.65. The highest BCUT2D eigenvalue weighted by Crippen LogP contribution is 2.10. The Morgan fingerprint density at radius 2 is 1.86 bits per heavy atom. The van der Waals surface area contributed by atoms with Crippen molar-refractivity contribution in [2.75, 3.05) is 14.2 Å². The van der Waals surface area contributed by atoms with E-state index in [-0.39, 0.29) is 5.56 Å². The molecule has 0 bridgehead atoms. The Bertz CT molecular complexity index is 321. The fourth-order valence-corrected chi connectivity index (χ4v) is 1.10. The van der Waals surface area contributed by atoms with Crippen molar-refractivity contribution in [2.45, 2.75) is 6.29 Å². The summed E-state index contributed by atoms with van der Waals surface area (Å²) >= 11 is 0. The highest BCUT2D eigenvalue weighted by atomic mass is 19.1. The van der Waals surface area contributed by atoms with E-state index in [1.165, 1.54) is 32.4 Å². The molecule has 0 unspecified atom stereocenters. The molecule has 76 valence electrons. The first kappa shape index (κ1) is 10.8. The molecule has 4 heteroatoms. The van der Waals surface area contributed by atoms with E-state index in [0.29, 0.717) is 0 Å². The van der Waals surface area contributed by atoms with E-state index in [1.807, 2.05) is 0 Å². The number of halogens is 1. The smallest absolute Gasteiger partial charge is 0.222 e. The summed E-state index contributed by atoms with van der Waals surface area (Å²) in [5.74, 6) is -1.09. The van der Waals surface area contributed by atoms with E-state index in [9.17, 15) is 9.18 Å². The molecule has 0 radical (unpaired) electrons. The molecule has 0 fully saturated rings. The number of benzene rings is 1. The van der Waals surface area contributed by atoms with Gasteiger partial charge in [0.2, 0.25) is 12.1 Å². The van der Waals surface area contributed by atoms with Gasteiger partial charge in [-0.25, -0.2) is 4.39 Å². The first-order valence-electron chi connectivity index (χ1n) is 4.05. The predicted octanol–water partition coefficient (Wildman–Crippen LogP) is 1.63. The van der Waals surface area contributed by atoms with Crippen molar-refractivity contribution in [1.82, 2.24) is 0 Å². The van der Waals surface area contributed by atoms with Crippen LogP contribution in [0.1, 0.15) is 10.4 Å². The standard InChI is InChI=1S/C10H11FO3/c1-13-10(14-2)9(12)7-5-3-4-6-8(7)11/h3-6,10H,1-2H3. The minimum absolute atomic E-state index is 0.0267. The molecule has 0 amide bonds. The van der Waals surface area contributed by atoms with Crippen LogP contribution < -0.4 is 0 Å². The normalized spacial score (nSPS) is 10.6. The van der Waals surface area contributed by atoms with Gasteiger partial charge in [0, 0.05) is 14.2 Å². The van der Waals surface area contributed by atoms with E-state index in [4.69, 9.17) is 9.47 Å². The zero-order valence-corrected chi connectivity index (χ0v) is 7.99. The summed E-state index contributed by atoms with van der Waals surface area (Å²) in [6.45, 7) is 0. The highest BCUT2D eigenvalue weighted by Gasteiger charge is 2.21. The second-order valence-corrected chi connectivity index (χ2v) is 2.65. The molecule has 0 aliphatic carbocycles. The van der Waals surface area contributed by atoms with Crippen LogP contribution in [0.4, 0.5) is 4.39 Å². The van der Waals surface area contributed by atoms with Gasteiger partial charge in [-0.1, -0.05) is 12.1 Å². The van der Waals surface area contributed by atoms with Gasteiger partial charge < -0.3 is 9.47 Å². The molecule has 0 atom stereocenters. The van der Waals surface area contributed by atoms with Gasteiger partial charge in [-0.2, -0.15) is 0 Å². The van der Waals surface area contributed by atoms with Gasteiger partial charge in [-0.3, -0.25) is 4.79 Å². The first-order valence-corrected chi connectivity index (χ1v) is 4.05. The Morgan fingerprint density at radius 1 is 1.29 bits per heavy atom. The van der Waals surface area contributed by atoms with Gasteiger partial charge in [0.05, 0.1) is 5.56 Å². The topological polar surface area (TPSA) is 35.5 Å². The minimum Gasteiger partial charge on any atom is -0.349 e. The third-order valence-corrected chi connectivity index (χ3v) is 1.78. The Labute approximate surface area is 81.4 Å². The van der Waals surface area contributed by atoms with E-state index in [2.05, 4.69) is 0 Å². The number of methoxy groups -OCH3 is 2. The summed E-state index contributed by atoms with van der Waals surface area (Å²) in [5.41, 5.74) is -0.0267. The average molecular weight is 198 g/mol. The number of carbonyl (C=O) groups is 1. The van der Waals surface area contributed by atoms with Crippen molar-refractivity contribution >= 4 is 5.78 Å². The Balaban J connectivity index is 2.94. The van der Waals surface area contributed by atoms with Crippen molar-refractivity contribution in [3.05, 3.63) is 35.6 Å². The molecule has 3 nitrogen and oxygen atoms in total. The number of rotatable bonds is 4. The SMILES string of the molecule is COC(OC)C(=O)c1ccccc1F. The van der Waals surface area contributed by atoms with E-state index in [0.717, 1.165) is 0 Å². The molecule has 0 aliphatic heterocycles. The van der Waals surface area contributed by atoms with Gasteiger partial charge >= 0.3 is 0 Å². The number of Topliss-reactive ketones (excluding diaryl/α,β-unsaturated/α-hetero) is 1. The molecule has 1 rings (SSSR count). The number of hydrogen-bond donors (Lipinski definition) is 0. The summed E-state index contributed by atoms with van der Waals surface area (Å²) in [6, 6.07) is 5.71. The van der Waals surface area contributed by atoms with Gasteiger partial charge in [-0.05, 0) is 12.1 Å².